The first-order valence-corrected chi connectivity index (χ1v) is 5.86. The van der Waals surface area contributed by atoms with Crippen molar-refractivity contribution in [2.45, 2.75) is 45.6 Å². The fourth-order valence-corrected chi connectivity index (χ4v) is 1.41. The second kappa shape index (κ2) is 10.7. The molecule has 0 aromatic rings. The predicted octanol–water partition coefficient (Wildman–Crippen LogP) is 2.32. The normalized spacial score (nSPS) is 12.7. The molecular weight excluding hydrogens is 172 g/mol. The van der Waals surface area contributed by atoms with E-state index in [-0.39, 0.29) is 0 Å². The Balaban J connectivity index is 3.09. The zero-order valence-electron chi connectivity index (χ0n) is 9.81. The van der Waals surface area contributed by atoms with Crippen molar-refractivity contribution in [3.8, 4) is 0 Å². The molecule has 0 rings (SSSR count). The van der Waals surface area contributed by atoms with Gasteiger partial charge >= 0.3 is 0 Å². The summed E-state index contributed by atoms with van der Waals surface area (Å²) in [7, 11) is 0. The van der Waals surface area contributed by atoms with Crippen LogP contribution in [0.5, 0.6) is 0 Å². The van der Waals surface area contributed by atoms with Crippen LogP contribution in [0.4, 0.5) is 0 Å². The van der Waals surface area contributed by atoms with Gasteiger partial charge in [-0.1, -0.05) is 32.3 Å². The quantitative estimate of drug-likeness (QED) is 0.416. The Kier molecular flexibility index (Phi) is 10.5. The summed E-state index contributed by atoms with van der Waals surface area (Å²) in [6.45, 7) is 11.2. The van der Waals surface area contributed by atoms with Gasteiger partial charge in [-0.3, -0.25) is 0 Å². The Hall–Kier alpha value is -0.340. The first kappa shape index (κ1) is 13.7. The monoisotopic (exact) mass is 198 g/mol. The standard InChI is InChI=1S/C12H26N2/c1-4-6-7-8-12(3)14-11-10-13-9-5-2/h5,12-14H,2,4,6-11H2,1,3H3. The lowest BCUT2D eigenvalue weighted by atomic mass is 10.1. The molecule has 2 heteroatoms. The second-order valence-electron chi connectivity index (χ2n) is 3.84. The van der Waals surface area contributed by atoms with Gasteiger partial charge in [-0.15, -0.1) is 6.58 Å². The van der Waals surface area contributed by atoms with Crippen molar-refractivity contribution in [3.63, 3.8) is 0 Å². The van der Waals surface area contributed by atoms with Gasteiger partial charge in [0.05, 0.1) is 0 Å². The third kappa shape index (κ3) is 9.75. The van der Waals surface area contributed by atoms with E-state index in [0.717, 1.165) is 19.6 Å². The molecule has 0 saturated heterocycles. The van der Waals surface area contributed by atoms with Gasteiger partial charge in [-0.25, -0.2) is 0 Å². The molecule has 0 spiro atoms. The van der Waals surface area contributed by atoms with Gasteiger partial charge in [0.25, 0.3) is 0 Å². The highest BCUT2D eigenvalue weighted by Crippen LogP contribution is 2.01. The lowest BCUT2D eigenvalue weighted by molar-refractivity contribution is 0.483. The summed E-state index contributed by atoms with van der Waals surface area (Å²) < 4.78 is 0. The van der Waals surface area contributed by atoms with Crippen molar-refractivity contribution < 1.29 is 0 Å². The van der Waals surface area contributed by atoms with E-state index < -0.39 is 0 Å². The second-order valence-corrected chi connectivity index (χ2v) is 3.84. The SMILES string of the molecule is C=CCNCCNC(C)CCCCC. The third-order valence-corrected chi connectivity index (χ3v) is 2.32. The summed E-state index contributed by atoms with van der Waals surface area (Å²) in [5.41, 5.74) is 0. The predicted molar refractivity (Wildman–Crippen MR) is 64.7 cm³/mol. The molecule has 0 fully saturated rings. The molecule has 0 radical (unpaired) electrons. The van der Waals surface area contributed by atoms with Gasteiger partial charge in [0.15, 0.2) is 0 Å². The van der Waals surface area contributed by atoms with Crippen LogP contribution in [0.2, 0.25) is 0 Å². The highest BCUT2D eigenvalue weighted by molar-refractivity contribution is 4.70. The maximum atomic E-state index is 3.66. The fraction of sp³-hybridized carbons (Fsp3) is 0.833. The number of hydrogen-bond donors (Lipinski definition) is 2. The zero-order chi connectivity index (χ0) is 10.6. The van der Waals surface area contributed by atoms with Crippen LogP contribution in [0, 0.1) is 0 Å². The van der Waals surface area contributed by atoms with Gasteiger partial charge < -0.3 is 10.6 Å². The Morgan fingerprint density at radius 3 is 2.71 bits per heavy atom. The van der Waals surface area contributed by atoms with E-state index in [9.17, 15) is 0 Å². The first-order chi connectivity index (χ1) is 6.81. The summed E-state index contributed by atoms with van der Waals surface area (Å²) in [4.78, 5) is 0. The summed E-state index contributed by atoms with van der Waals surface area (Å²) in [5.74, 6) is 0. The minimum Gasteiger partial charge on any atom is -0.313 e. The molecule has 0 heterocycles. The molecule has 84 valence electrons. The molecule has 0 amide bonds. The molecule has 0 aliphatic carbocycles. The molecule has 14 heavy (non-hydrogen) atoms. The van der Waals surface area contributed by atoms with E-state index in [2.05, 4.69) is 31.1 Å². The van der Waals surface area contributed by atoms with Gasteiger partial charge in [0.2, 0.25) is 0 Å². The topological polar surface area (TPSA) is 24.1 Å². The smallest absolute Gasteiger partial charge is 0.0132 e. The molecular formula is C12H26N2. The summed E-state index contributed by atoms with van der Waals surface area (Å²) in [6.07, 6.45) is 7.22. The van der Waals surface area contributed by atoms with E-state index in [1.165, 1.54) is 25.7 Å². The zero-order valence-corrected chi connectivity index (χ0v) is 9.81. The fourth-order valence-electron chi connectivity index (χ4n) is 1.41. The van der Waals surface area contributed by atoms with Crippen LogP contribution in [0.3, 0.4) is 0 Å². The largest absolute Gasteiger partial charge is 0.313 e. The van der Waals surface area contributed by atoms with Crippen LogP contribution < -0.4 is 10.6 Å². The van der Waals surface area contributed by atoms with Crippen LogP contribution in [0.15, 0.2) is 12.7 Å². The van der Waals surface area contributed by atoms with Crippen molar-refractivity contribution in [2.75, 3.05) is 19.6 Å². The van der Waals surface area contributed by atoms with E-state index in [1.807, 2.05) is 6.08 Å². The lowest BCUT2D eigenvalue weighted by Gasteiger charge is -2.13. The minimum atomic E-state index is 0.659. The maximum Gasteiger partial charge on any atom is 0.0132 e. The summed E-state index contributed by atoms with van der Waals surface area (Å²) >= 11 is 0. The summed E-state index contributed by atoms with van der Waals surface area (Å²) in [6, 6.07) is 0.659. The average molecular weight is 198 g/mol. The summed E-state index contributed by atoms with van der Waals surface area (Å²) in [5, 5.41) is 6.78. The van der Waals surface area contributed by atoms with Crippen molar-refractivity contribution >= 4 is 0 Å². The minimum absolute atomic E-state index is 0.659. The van der Waals surface area contributed by atoms with E-state index in [0.29, 0.717) is 6.04 Å². The van der Waals surface area contributed by atoms with E-state index in [1.54, 1.807) is 0 Å². The molecule has 0 aliphatic heterocycles. The number of rotatable bonds is 10. The molecule has 1 unspecified atom stereocenters. The molecule has 0 aromatic heterocycles. The van der Waals surface area contributed by atoms with Crippen molar-refractivity contribution in [1.82, 2.24) is 10.6 Å². The van der Waals surface area contributed by atoms with Crippen LogP contribution in [-0.2, 0) is 0 Å². The highest BCUT2D eigenvalue weighted by atomic mass is 15.0. The lowest BCUT2D eigenvalue weighted by Crippen LogP contribution is -2.33. The molecule has 2 nitrogen and oxygen atoms in total. The van der Waals surface area contributed by atoms with Crippen molar-refractivity contribution in [3.05, 3.63) is 12.7 Å². The third-order valence-electron chi connectivity index (χ3n) is 2.32. The number of hydrogen-bond acceptors (Lipinski definition) is 2. The Bertz CT molecular complexity index is 123. The van der Waals surface area contributed by atoms with Gasteiger partial charge in [-0.05, 0) is 13.3 Å². The van der Waals surface area contributed by atoms with Crippen LogP contribution >= 0.6 is 0 Å². The van der Waals surface area contributed by atoms with Crippen molar-refractivity contribution in [1.29, 1.82) is 0 Å². The first-order valence-electron chi connectivity index (χ1n) is 5.86. The molecule has 0 bridgehead atoms. The van der Waals surface area contributed by atoms with Crippen molar-refractivity contribution in [2.24, 2.45) is 0 Å². The Morgan fingerprint density at radius 2 is 2.07 bits per heavy atom. The van der Waals surface area contributed by atoms with Crippen LogP contribution in [-0.4, -0.2) is 25.7 Å². The maximum absolute atomic E-state index is 3.66. The number of unbranched alkanes of at least 4 members (excludes halogenated alkanes) is 2. The molecule has 2 N–H and O–H groups in total. The molecule has 0 saturated carbocycles. The van der Waals surface area contributed by atoms with Gasteiger partial charge in [0, 0.05) is 25.7 Å². The molecule has 0 aromatic carbocycles. The van der Waals surface area contributed by atoms with Gasteiger partial charge in [0.1, 0.15) is 0 Å². The highest BCUT2D eigenvalue weighted by Gasteiger charge is 1.98. The Labute approximate surface area is 89.2 Å². The Morgan fingerprint density at radius 1 is 1.29 bits per heavy atom. The number of nitrogens with one attached hydrogen (secondary N) is 2. The molecule has 1 atom stereocenters. The van der Waals surface area contributed by atoms with Crippen LogP contribution in [0.25, 0.3) is 0 Å². The van der Waals surface area contributed by atoms with Crippen LogP contribution in [0.1, 0.15) is 39.5 Å². The van der Waals surface area contributed by atoms with Gasteiger partial charge in [-0.2, -0.15) is 0 Å². The molecule has 0 aliphatic rings. The average Bonchev–Trinajstić information content (AvgIpc) is 2.18. The van der Waals surface area contributed by atoms with E-state index in [4.69, 9.17) is 0 Å². The van der Waals surface area contributed by atoms with E-state index >= 15 is 0 Å².